The summed E-state index contributed by atoms with van der Waals surface area (Å²) in [7, 11) is -13.9. The van der Waals surface area contributed by atoms with Crippen LogP contribution in [0.4, 0.5) is 0 Å². The summed E-state index contributed by atoms with van der Waals surface area (Å²) in [6.07, 6.45) is 0.302. The van der Waals surface area contributed by atoms with Crippen LogP contribution in [0.5, 0.6) is 0 Å². The highest BCUT2D eigenvalue weighted by molar-refractivity contribution is 7.45. The van der Waals surface area contributed by atoms with E-state index >= 15 is 0 Å². The highest BCUT2D eigenvalue weighted by Gasteiger charge is 2.36. The Morgan fingerprint density at radius 2 is 1.41 bits per heavy atom. The number of azide groups is 1. The van der Waals surface area contributed by atoms with E-state index in [0.717, 1.165) is 10.1 Å². The van der Waals surface area contributed by atoms with Crippen molar-refractivity contribution in [3.63, 3.8) is 0 Å². The molecular weight excluding hydrogens is 623 g/mol. The lowest BCUT2D eigenvalue weighted by Gasteiger charge is -2.17. The minimum Gasteiger partial charge on any atom is -0.394 e. The molecule has 0 spiro atoms. The van der Waals surface area contributed by atoms with Crippen molar-refractivity contribution in [1.29, 1.82) is 0 Å². The third-order valence-corrected chi connectivity index (χ3v) is 4.44. The van der Waals surface area contributed by atoms with Crippen molar-refractivity contribution in [2.75, 3.05) is 6.61 Å². The molecule has 24 heteroatoms. The van der Waals surface area contributed by atoms with E-state index < -0.39 is 47.5 Å². The van der Waals surface area contributed by atoms with Crippen LogP contribution in [0.1, 0.15) is 23.8 Å². The molecule has 2 aromatic rings. The van der Waals surface area contributed by atoms with Gasteiger partial charge in [0.15, 0.2) is 0 Å². The molecule has 0 radical (unpaired) electrons. The fraction of sp³-hybridized carbons (Fsp3) is 0.412. The van der Waals surface area contributed by atoms with E-state index in [4.69, 9.17) is 68.0 Å². The molecule has 2 heterocycles. The Labute approximate surface area is 229 Å². The molecular formula is C17H28N5O16P3. The number of aliphatic hydroxyl groups excluding tert-OH is 1. The zero-order chi connectivity index (χ0) is 32.2. The van der Waals surface area contributed by atoms with Crippen molar-refractivity contribution >= 4 is 23.5 Å². The number of aliphatic hydroxyl groups is 1. The van der Waals surface area contributed by atoms with Gasteiger partial charge in [-0.2, -0.15) is 0 Å². The van der Waals surface area contributed by atoms with Crippen molar-refractivity contribution in [1.82, 2.24) is 9.13 Å². The number of phosphoric acid groups is 3. The first-order chi connectivity index (χ1) is 18.5. The third kappa shape index (κ3) is 18.5. The molecule has 41 heavy (non-hydrogen) atoms. The molecule has 1 fully saturated rings. The molecule has 3 atom stereocenters. The van der Waals surface area contributed by atoms with Gasteiger partial charge in [-0.25, -0.2) is 18.5 Å². The van der Waals surface area contributed by atoms with Crippen LogP contribution in [-0.4, -0.2) is 77.0 Å². The molecule has 1 aliphatic heterocycles. The molecule has 21 nitrogen and oxygen atoms in total. The smallest absolute Gasteiger partial charge is 0.394 e. The predicted octanol–water partition coefficient (Wildman–Crippen LogP) is -1.46. The summed E-state index contributed by atoms with van der Waals surface area (Å²) < 4.78 is 34.8. The van der Waals surface area contributed by atoms with Gasteiger partial charge in [-0.05, 0) is 18.0 Å². The number of ether oxygens (including phenoxy) is 1. The van der Waals surface area contributed by atoms with Gasteiger partial charge in [-0.1, -0.05) is 35.4 Å². The van der Waals surface area contributed by atoms with Crippen molar-refractivity contribution in [3.8, 4) is 0 Å². The first kappa shape index (κ1) is 38.5. The number of rotatable bonds is 5. The maximum Gasteiger partial charge on any atom is 0.466 e. The van der Waals surface area contributed by atoms with Gasteiger partial charge in [-0.15, -0.1) is 0 Å². The summed E-state index contributed by atoms with van der Waals surface area (Å²) in [5, 5.41) is 13.0. The van der Waals surface area contributed by atoms with E-state index in [9.17, 15) is 14.7 Å². The highest BCUT2D eigenvalue weighted by atomic mass is 31.2. The molecule has 0 bridgehead atoms. The summed E-state index contributed by atoms with van der Waals surface area (Å²) in [5.41, 5.74) is 9.01. The largest absolute Gasteiger partial charge is 0.466 e. The van der Waals surface area contributed by atoms with Gasteiger partial charge in [0.2, 0.25) is 0 Å². The van der Waals surface area contributed by atoms with Crippen LogP contribution >= 0.6 is 23.5 Å². The Kier molecular flexibility index (Phi) is 15.7. The first-order valence-corrected chi connectivity index (χ1v) is 15.3. The van der Waals surface area contributed by atoms with Gasteiger partial charge in [0, 0.05) is 23.1 Å². The fourth-order valence-electron chi connectivity index (χ4n) is 3.11. The predicted molar refractivity (Wildman–Crippen MR) is 137 cm³/mol. The first-order valence-electron chi connectivity index (χ1n) is 10.6. The van der Waals surface area contributed by atoms with Crippen LogP contribution in [0, 0.1) is 6.92 Å². The van der Waals surface area contributed by atoms with Gasteiger partial charge < -0.3 is 53.9 Å². The summed E-state index contributed by atoms with van der Waals surface area (Å²) in [6, 6.07) is 8.64. The number of aryl methyl sites for hydroxylation is 1. The van der Waals surface area contributed by atoms with Gasteiger partial charge in [0.05, 0.1) is 25.3 Å². The quantitative estimate of drug-likeness (QED) is 0.0764. The Hall–Kier alpha value is -2.54. The summed E-state index contributed by atoms with van der Waals surface area (Å²) in [5.74, 6) is 0. The lowest BCUT2D eigenvalue weighted by atomic mass is 10.1. The Morgan fingerprint density at radius 1 is 0.951 bits per heavy atom. The van der Waals surface area contributed by atoms with Crippen LogP contribution in [0.3, 0.4) is 0 Å². The number of hydrogen-bond acceptors (Lipinski definition) is 8. The topological polar surface area (TPSA) is 356 Å². The van der Waals surface area contributed by atoms with Crippen molar-refractivity contribution < 1.29 is 67.6 Å². The molecule has 10 N–H and O–H groups in total. The molecule has 0 aliphatic carbocycles. The second kappa shape index (κ2) is 16.8. The standard InChI is InChI=1S/C17H19N5O4.3H3O4P/c1-11-8-21(15-7-13(19-20-18)14(10-23)26-15)17(25)22(16(11)24)9-12-5-3-2-4-6-12;3*1-5(2,3)4/h2-6,8,13-15,23H,7,9-10H2,1H3;3*(H3,1,2,3,4)/t13?,14-,15-;;;/m1.../s1. The molecule has 0 amide bonds. The van der Waals surface area contributed by atoms with E-state index in [1.807, 2.05) is 30.3 Å². The average Bonchev–Trinajstić information content (AvgIpc) is 3.19. The van der Waals surface area contributed by atoms with E-state index in [2.05, 4.69) is 10.0 Å². The van der Waals surface area contributed by atoms with E-state index in [0.29, 0.717) is 5.56 Å². The fourth-order valence-corrected chi connectivity index (χ4v) is 3.11. The lowest BCUT2D eigenvalue weighted by Crippen LogP contribution is -2.42. The number of hydrogen-bond donors (Lipinski definition) is 10. The number of benzene rings is 1. The van der Waals surface area contributed by atoms with Crippen molar-refractivity contribution in [3.05, 3.63) is 78.9 Å². The normalized spacial score (nSPS) is 18.4. The second-order valence-corrected chi connectivity index (χ2v) is 10.8. The Morgan fingerprint density at radius 3 is 1.83 bits per heavy atom. The molecule has 1 aromatic carbocycles. The molecule has 0 saturated carbocycles. The van der Waals surface area contributed by atoms with Crippen LogP contribution in [0.2, 0.25) is 0 Å². The Bertz CT molecular complexity index is 1350. The maximum atomic E-state index is 12.9. The van der Waals surface area contributed by atoms with E-state index in [1.54, 1.807) is 6.92 Å². The minimum absolute atomic E-state index is 0.149. The van der Waals surface area contributed by atoms with Gasteiger partial charge in [0.1, 0.15) is 6.23 Å². The van der Waals surface area contributed by atoms with Crippen LogP contribution < -0.4 is 11.2 Å². The number of aromatic nitrogens is 2. The van der Waals surface area contributed by atoms with Crippen LogP contribution in [0.15, 0.2) is 51.2 Å². The van der Waals surface area contributed by atoms with Crippen molar-refractivity contribution in [2.45, 2.75) is 38.3 Å². The van der Waals surface area contributed by atoms with Gasteiger partial charge >= 0.3 is 29.2 Å². The molecule has 1 unspecified atom stereocenters. The molecule has 1 aromatic heterocycles. The lowest BCUT2D eigenvalue weighted by molar-refractivity contribution is -0.0277. The van der Waals surface area contributed by atoms with E-state index in [1.165, 1.54) is 10.8 Å². The molecule has 232 valence electrons. The zero-order valence-corrected chi connectivity index (χ0v) is 23.5. The maximum absolute atomic E-state index is 12.9. The zero-order valence-electron chi connectivity index (χ0n) is 20.8. The average molecular weight is 651 g/mol. The Balaban J connectivity index is 0.000000880. The van der Waals surface area contributed by atoms with Gasteiger partial charge in [-0.3, -0.25) is 13.9 Å². The summed E-state index contributed by atoms with van der Waals surface area (Å²) in [4.78, 5) is 92.8. The van der Waals surface area contributed by atoms with Gasteiger partial charge in [0.25, 0.3) is 5.56 Å². The number of nitrogens with zero attached hydrogens (tertiary/aromatic N) is 5. The summed E-state index contributed by atoms with van der Waals surface area (Å²) in [6.45, 7) is 1.46. The van der Waals surface area contributed by atoms with Crippen LogP contribution in [0.25, 0.3) is 10.4 Å². The SMILES string of the molecule is Cc1cn([C@H]2CC(N=[N+]=[N-])[C@@H](CO)O2)c(=O)n(Cc2ccccc2)c1=O.O=P(O)(O)O.O=P(O)(O)O.O=P(O)(O)O. The third-order valence-electron chi connectivity index (χ3n) is 4.44. The molecule has 3 rings (SSSR count). The molecule has 1 aliphatic rings. The minimum atomic E-state index is -4.64. The van der Waals surface area contributed by atoms with Crippen LogP contribution in [-0.2, 0) is 25.0 Å². The monoisotopic (exact) mass is 651 g/mol. The van der Waals surface area contributed by atoms with Crippen molar-refractivity contribution in [2.24, 2.45) is 5.11 Å². The molecule has 1 saturated heterocycles. The summed E-state index contributed by atoms with van der Waals surface area (Å²) >= 11 is 0. The second-order valence-electron chi connectivity index (χ2n) is 7.74. The highest BCUT2D eigenvalue weighted by Crippen LogP contribution is 2.30. The van der Waals surface area contributed by atoms with E-state index in [-0.39, 0.29) is 25.1 Å².